The lowest BCUT2D eigenvalue weighted by Gasteiger charge is -2.14. The molecule has 0 aliphatic carbocycles. The third-order valence-electron chi connectivity index (χ3n) is 2.06. The highest BCUT2D eigenvalue weighted by molar-refractivity contribution is 9.10. The zero-order valence-corrected chi connectivity index (χ0v) is 9.77. The van der Waals surface area contributed by atoms with Crippen molar-refractivity contribution < 1.29 is 13.2 Å². The van der Waals surface area contributed by atoms with Crippen molar-refractivity contribution in [1.29, 1.82) is 0 Å². The molecule has 0 aromatic heterocycles. The van der Waals surface area contributed by atoms with Crippen molar-refractivity contribution in [3.63, 3.8) is 0 Å². The van der Waals surface area contributed by atoms with E-state index in [0.717, 1.165) is 6.07 Å². The van der Waals surface area contributed by atoms with E-state index in [-0.39, 0.29) is 10.9 Å². The molecule has 1 nitrogen and oxygen atoms in total. The standard InChI is InChI=1S/C11H9BrF3N/c1-2-3-10(16)7-4-5-9(12)8(6-7)11(13,14)15/h1,4-6,10H,3,16H2. The fourth-order valence-corrected chi connectivity index (χ4v) is 1.71. The van der Waals surface area contributed by atoms with Gasteiger partial charge in [-0.2, -0.15) is 13.2 Å². The molecule has 0 amide bonds. The SMILES string of the molecule is C#CCC(N)c1ccc(Br)c(C(F)(F)F)c1. The maximum Gasteiger partial charge on any atom is 0.417 e. The maximum atomic E-state index is 12.6. The molecule has 0 aliphatic heterocycles. The van der Waals surface area contributed by atoms with E-state index in [0.29, 0.717) is 5.56 Å². The first-order chi connectivity index (χ1) is 7.36. The van der Waals surface area contributed by atoms with Gasteiger partial charge < -0.3 is 5.73 Å². The average Bonchev–Trinajstić information content (AvgIpc) is 2.16. The second kappa shape index (κ2) is 4.89. The molecule has 0 heterocycles. The maximum absolute atomic E-state index is 12.6. The minimum atomic E-state index is -4.40. The van der Waals surface area contributed by atoms with Crippen LogP contribution in [-0.2, 0) is 6.18 Å². The average molecular weight is 292 g/mol. The van der Waals surface area contributed by atoms with Crippen molar-refractivity contribution in [2.45, 2.75) is 18.6 Å². The van der Waals surface area contributed by atoms with Crippen LogP contribution in [0.1, 0.15) is 23.6 Å². The number of nitrogens with two attached hydrogens (primary N) is 1. The van der Waals surface area contributed by atoms with Gasteiger partial charge >= 0.3 is 6.18 Å². The van der Waals surface area contributed by atoms with Gasteiger partial charge in [-0.05, 0) is 17.7 Å². The van der Waals surface area contributed by atoms with E-state index in [1.54, 1.807) is 0 Å². The zero-order valence-electron chi connectivity index (χ0n) is 8.18. The Labute approximate surface area is 100.0 Å². The van der Waals surface area contributed by atoms with E-state index in [1.807, 2.05) is 0 Å². The predicted molar refractivity (Wildman–Crippen MR) is 59.5 cm³/mol. The number of alkyl halides is 3. The summed E-state index contributed by atoms with van der Waals surface area (Å²) < 4.78 is 37.7. The molecule has 86 valence electrons. The van der Waals surface area contributed by atoms with Gasteiger partial charge in [-0.15, -0.1) is 12.3 Å². The second-order valence-electron chi connectivity index (χ2n) is 3.25. The molecule has 1 rings (SSSR count). The lowest BCUT2D eigenvalue weighted by Crippen LogP contribution is -2.12. The normalized spacial score (nSPS) is 13.2. The lowest BCUT2D eigenvalue weighted by atomic mass is 10.0. The highest BCUT2D eigenvalue weighted by atomic mass is 79.9. The number of benzene rings is 1. The molecule has 0 radical (unpaired) electrons. The molecule has 1 atom stereocenters. The fraction of sp³-hybridized carbons (Fsp3) is 0.273. The Morgan fingerprint density at radius 2 is 2.06 bits per heavy atom. The first-order valence-corrected chi connectivity index (χ1v) is 5.21. The fourth-order valence-electron chi connectivity index (χ4n) is 1.24. The van der Waals surface area contributed by atoms with Crippen LogP contribution < -0.4 is 5.73 Å². The second-order valence-corrected chi connectivity index (χ2v) is 4.11. The molecule has 2 N–H and O–H groups in total. The molecule has 0 bridgehead atoms. The van der Waals surface area contributed by atoms with E-state index >= 15 is 0 Å². The monoisotopic (exact) mass is 291 g/mol. The van der Waals surface area contributed by atoms with Gasteiger partial charge in [-0.25, -0.2) is 0 Å². The van der Waals surface area contributed by atoms with Gasteiger partial charge in [0.25, 0.3) is 0 Å². The van der Waals surface area contributed by atoms with E-state index in [1.165, 1.54) is 12.1 Å². The van der Waals surface area contributed by atoms with Gasteiger partial charge in [0.2, 0.25) is 0 Å². The summed E-state index contributed by atoms with van der Waals surface area (Å²) in [5.41, 5.74) is 5.29. The zero-order chi connectivity index (χ0) is 12.3. The molecule has 0 fully saturated rings. The Bertz CT molecular complexity index is 420. The van der Waals surface area contributed by atoms with Gasteiger partial charge in [0, 0.05) is 16.9 Å². The van der Waals surface area contributed by atoms with E-state index < -0.39 is 17.8 Å². The molecule has 16 heavy (non-hydrogen) atoms. The van der Waals surface area contributed by atoms with Gasteiger partial charge in [-0.3, -0.25) is 0 Å². The van der Waals surface area contributed by atoms with Crippen LogP contribution in [0, 0.1) is 12.3 Å². The van der Waals surface area contributed by atoms with Crippen molar-refractivity contribution >= 4 is 15.9 Å². The van der Waals surface area contributed by atoms with Gasteiger partial charge in [0.1, 0.15) is 0 Å². The van der Waals surface area contributed by atoms with Crippen LogP contribution in [0.5, 0.6) is 0 Å². The molecule has 5 heteroatoms. The number of hydrogen-bond acceptors (Lipinski definition) is 1. The smallest absolute Gasteiger partial charge is 0.323 e. The van der Waals surface area contributed by atoms with E-state index in [2.05, 4.69) is 21.9 Å². The summed E-state index contributed by atoms with van der Waals surface area (Å²) in [7, 11) is 0. The van der Waals surface area contributed by atoms with Crippen molar-refractivity contribution in [3.8, 4) is 12.3 Å². The molecule has 1 aromatic carbocycles. The summed E-state index contributed by atoms with van der Waals surface area (Å²) in [6, 6.07) is 3.31. The van der Waals surface area contributed by atoms with Crippen molar-refractivity contribution in [1.82, 2.24) is 0 Å². The molecule has 0 saturated heterocycles. The third kappa shape index (κ3) is 3.00. The van der Waals surface area contributed by atoms with E-state index in [4.69, 9.17) is 12.2 Å². The van der Waals surface area contributed by atoms with Crippen molar-refractivity contribution in [2.24, 2.45) is 5.73 Å². The number of rotatable bonds is 2. The van der Waals surface area contributed by atoms with Crippen LogP contribution in [0.4, 0.5) is 13.2 Å². The molecule has 0 aliphatic rings. The molecule has 0 spiro atoms. The molecular formula is C11H9BrF3N. The third-order valence-corrected chi connectivity index (χ3v) is 2.75. The molecule has 1 aromatic rings. The topological polar surface area (TPSA) is 26.0 Å². The summed E-state index contributed by atoms with van der Waals surface area (Å²) >= 11 is 2.85. The summed E-state index contributed by atoms with van der Waals surface area (Å²) in [6.07, 6.45) is 0.868. The Morgan fingerprint density at radius 3 is 2.56 bits per heavy atom. The number of halogens is 4. The molecule has 1 unspecified atom stereocenters. The Balaban J connectivity index is 3.13. The van der Waals surface area contributed by atoms with Gasteiger partial charge in [0.05, 0.1) is 5.56 Å². The van der Waals surface area contributed by atoms with E-state index in [9.17, 15) is 13.2 Å². The summed E-state index contributed by atoms with van der Waals surface area (Å²) in [5.74, 6) is 2.32. The highest BCUT2D eigenvalue weighted by Gasteiger charge is 2.33. The summed E-state index contributed by atoms with van der Waals surface area (Å²) in [4.78, 5) is 0. The summed E-state index contributed by atoms with van der Waals surface area (Å²) in [6.45, 7) is 0. The Kier molecular flexibility index (Phi) is 4.00. The Hall–Kier alpha value is -0.990. The first kappa shape index (κ1) is 13.1. The van der Waals surface area contributed by atoms with Crippen LogP contribution in [0.3, 0.4) is 0 Å². The summed E-state index contributed by atoms with van der Waals surface area (Å²) in [5, 5.41) is 0. The van der Waals surface area contributed by atoms with Crippen LogP contribution >= 0.6 is 15.9 Å². The van der Waals surface area contributed by atoms with Gasteiger partial charge in [0.15, 0.2) is 0 Å². The van der Waals surface area contributed by atoms with Gasteiger partial charge in [-0.1, -0.05) is 22.0 Å². The first-order valence-electron chi connectivity index (χ1n) is 4.42. The number of terminal acetylenes is 1. The quantitative estimate of drug-likeness (QED) is 0.830. The van der Waals surface area contributed by atoms with Crippen LogP contribution in [0.25, 0.3) is 0 Å². The van der Waals surface area contributed by atoms with Crippen LogP contribution in [0.2, 0.25) is 0 Å². The molecule has 0 saturated carbocycles. The minimum Gasteiger partial charge on any atom is -0.323 e. The van der Waals surface area contributed by atoms with Crippen LogP contribution in [0.15, 0.2) is 22.7 Å². The van der Waals surface area contributed by atoms with Crippen molar-refractivity contribution in [2.75, 3.05) is 0 Å². The minimum absolute atomic E-state index is 0.00309. The predicted octanol–water partition coefficient (Wildman–Crippen LogP) is 3.49. The number of hydrogen-bond donors (Lipinski definition) is 1. The van der Waals surface area contributed by atoms with Crippen molar-refractivity contribution in [3.05, 3.63) is 33.8 Å². The lowest BCUT2D eigenvalue weighted by molar-refractivity contribution is -0.138. The largest absolute Gasteiger partial charge is 0.417 e. The Morgan fingerprint density at radius 1 is 1.44 bits per heavy atom. The van der Waals surface area contributed by atoms with Crippen LogP contribution in [-0.4, -0.2) is 0 Å². The highest BCUT2D eigenvalue weighted by Crippen LogP contribution is 2.36. The molecular weight excluding hydrogens is 283 g/mol.